The summed E-state index contributed by atoms with van der Waals surface area (Å²) in [6, 6.07) is 1.34. The molecule has 0 atom stereocenters. The molecular formula is C11H28N2Si. The Labute approximate surface area is 91.4 Å². The van der Waals surface area contributed by atoms with Gasteiger partial charge < -0.3 is 9.13 Å². The molecule has 0 spiro atoms. The summed E-state index contributed by atoms with van der Waals surface area (Å²) in [4.78, 5) is 0. The van der Waals surface area contributed by atoms with Gasteiger partial charge in [-0.05, 0) is 39.3 Å². The number of nitrogens with zero attached hydrogens (tertiary/aromatic N) is 2. The van der Waals surface area contributed by atoms with Crippen molar-refractivity contribution in [3.05, 3.63) is 0 Å². The van der Waals surface area contributed by atoms with Crippen molar-refractivity contribution in [3.63, 3.8) is 0 Å². The summed E-state index contributed by atoms with van der Waals surface area (Å²) >= 11 is 0. The van der Waals surface area contributed by atoms with E-state index in [9.17, 15) is 0 Å². The van der Waals surface area contributed by atoms with Crippen LogP contribution in [-0.2, 0) is 0 Å². The Morgan fingerprint density at radius 1 is 0.929 bits per heavy atom. The summed E-state index contributed by atoms with van der Waals surface area (Å²) in [6.45, 7) is 9.44. The highest BCUT2D eigenvalue weighted by Gasteiger charge is 2.48. The quantitative estimate of drug-likeness (QED) is 0.667. The van der Waals surface area contributed by atoms with Crippen molar-refractivity contribution in [1.82, 2.24) is 9.13 Å². The minimum atomic E-state index is -1.49. The molecule has 0 aromatic rings. The summed E-state index contributed by atoms with van der Waals surface area (Å²) in [5.41, 5.74) is 0. The van der Waals surface area contributed by atoms with Gasteiger partial charge in [-0.1, -0.05) is 34.1 Å². The molecule has 0 fully saturated rings. The lowest BCUT2D eigenvalue weighted by atomic mass is 10.2. The number of rotatable bonds is 4. The zero-order valence-electron chi connectivity index (χ0n) is 11.3. The van der Waals surface area contributed by atoms with Crippen LogP contribution in [0, 0.1) is 0 Å². The predicted molar refractivity (Wildman–Crippen MR) is 67.9 cm³/mol. The first-order valence-corrected chi connectivity index (χ1v) is 7.65. The van der Waals surface area contributed by atoms with Gasteiger partial charge in [0.05, 0.1) is 0 Å². The third-order valence-electron chi connectivity index (χ3n) is 3.28. The molecule has 2 nitrogen and oxygen atoms in total. The van der Waals surface area contributed by atoms with Gasteiger partial charge in [-0.25, -0.2) is 0 Å². The summed E-state index contributed by atoms with van der Waals surface area (Å²) in [5, 5.41) is 0.399. The van der Waals surface area contributed by atoms with Crippen LogP contribution < -0.4 is 0 Å². The van der Waals surface area contributed by atoms with Crippen molar-refractivity contribution >= 4 is 8.40 Å². The van der Waals surface area contributed by atoms with Crippen LogP contribution in [0.2, 0.25) is 11.1 Å². The lowest BCUT2D eigenvalue weighted by Crippen LogP contribution is -2.65. The van der Waals surface area contributed by atoms with Crippen molar-refractivity contribution in [2.24, 2.45) is 0 Å². The highest BCUT2D eigenvalue weighted by atomic mass is 28.4. The fourth-order valence-electron chi connectivity index (χ4n) is 2.91. The van der Waals surface area contributed by atoms with Crippen LogP contribution >= 0.6 is 0 Å². The molecule has 86 valence electrons. The van der Waals surface area contributed by atoms with Crippen LogP contribution in [0.5, 0.6) is 0 Å². The standard InChI is InChI=1S/C11H28N2Si/c1-9-10-14(12(5)6,13(7)8)11(2,3)4/h9-10H2,1-8H3. The van der Waals surface area contributed by atoms with Gasteiger partial charge in [-0.15, -0.1) is 0 Å². The molecule has 0 aromatic carbocycles. The lowest BCUT2D eigenvalue weighted by Gasteiger charge is -2.51. The molecule has 14 heavy (non-hydrogen) atoms. The van der Waals surface area contributed by atoms with Gasteiger partial charge in [0.15, 0.2) is 0 Å². The van der Waals surface area contributed by atoms with Crippen LogP contribution in [-0.4, -0.2) is 45.7 Å². The fraction of sp³-hybridized carbons (Fsp3) is 1.00. The molecule has 0 aliphatic rings. The van der Waals surface area contributed by atoms with Gasteiger partial charge in [0.2, 0.25) is 8.40 Å². The van der Waals surface area contributed by atoms with Gasteiger partial charge >= 0.3 is 0 Å². The Morgan fingerprint density at radius 2 is 1.29 bits per heavy atom. The molecular weight excluding hydrogens is 188 g/mol. The average molecular weight is 216 g/mol. The molecule has 3 heteroatoms. The first-order valence-electron chi connectivity index (χ1n) is 5.55. The normalized spacial score (nSPS) is 14.1. The second kappa shape index (κ2) is 4.77. The molecule has 0 heterocycles. The second-order valence-electron chi connectivity index (χ2n) is 5.61. The minimum Gasteiger partial charge on any atom is -0.317 e. The zero-order chi connectivity index (χ0) is 11.6. The fourth-order valence-corrected chi connectivity index (χ4v) is 8.74. The first kappa shape index (κ1) is 14.1. The third kappa shape index (κ3) is 2.38. The van der Waals surface area contributed by atoms with Crippen LogP contribution in [0.4, 0.5) is 0 Å². The molecule has 0 unspecified atom stereocenters. The summed E-state index contributed by atoms with van der Waals surface area (Å²) in [6.07, 6.45) is 1.28. The van der Waals surface area contributed by atoms with E-state index in [-0.39, 0.29) is 0 Å². The topological polar surface area (TPSA) is 6.48 Å². The Balaban J connectivity index is 5.16. The highest BCUT2D eigenvalue weighted by molar-refractivity contribution is 6.77. The van der Waals surface area contributed by atoms with E-state index in [2.05, 4.69) is 65.0 Å². The molecule has 0 aliphatic carbocycles. The van der Waals surface area contributed by atoms with E-state index in [1.54, 1.807) is 0 Å². The molecule has 0 saturated carbocycles. The van der Waals surface area contributed by atoms with E-state index in [0.717, 1.165) is 0 Å². The van der Waals surface area contributed by atoms with E-state index < -0.39 is 8.40 Å². The van der Waals surface area contributed by atoms with E-state index in [1.165, 1.54) is 12.5 Å². The van der Waals surface area contributed by atoms with Crippen LogP contribution in [0.3, 0.4) is 0 Å². The van der Waals surface area contributed by atoms with Crippen molar-refractivity contribution < 1.29 is 0 Å². The Bertz CT molecular complexity index is 163. The van der Waals surface area contributed by atoms with Gasteiger partial charge in [-0.3, -0.25) is 0 Å². The van der Waals surface area contributed by atoms with E-state index in [0.29, 0.717) is 5.04 Å². The van der Waals surface area contributed by atoms with Crippen LogP contribution in [0.25, 0.3) is 0 Å². The zero-order valence-corrected chi connectivity index (χ0v) is 12.3. The number of hydrogen-bond acceptors (Lipinski definition) is 2. The van der Waals surface area contributed by atoms with Crippen molar-refractivity contribution in [1.29, 1.82) is 0 Å². The SMILES string of the molecule is CCC[Si](N(C)C)(N(C)C)C(C)(C)C. The minimum absolute atomic E-state index is 0.399. The van der Waals surface area contributed by atoms with Crippen molar-refractivity contribution in [2.45, 2.75) is 45.2 Å². The van der Waals surface area contributed by atoms with Gasteiger partial charge in [0.1, 0.15) is 0 Å². The van der Waals surface area contributed by atoms with E-state index in [4.69, 9.17) is 0 Å². The summed E-state index contributed by atoms with van der Waals surface area (Å²) in [7, 11) is 7.49. The monoisotopic (exact) mass is 216 g/mol. The second-order valence-corrected chi connectivity index (χ2v) is 11.0. The maximum Gasteiger partial charge on any atom is 0.211 e. The maximum absolute atomic E-state index is 2.50. The molecule has 0 aliphatic heterocycles. The van der Waals surface area contributed by atoms with E-state index in [1.807, 2.05) is 0 Å². The van der Waals surface area contributed by atoms with Gasteiger partial charge in [0, 0.05) is 0 Å². The first-order chi connectivity index (χ1) is 6.20. The molecule has 0 radical (unpaired) electrons. The number of hydrogen-bond donors (Lipinski definition) is 0. The van der Waals surface area contributed by atoms with E-state index >= 15 is 0 Å². The Morgan fingerprint density at radius 3 is 1.36 bits per heavy atom. The lowest BCUT2D eigenvalue weighted by molar-refractivity contribution is 0.418. The van der Waals surface area contributed by atoms with Gasteiger partial charge in [0.25, 0.3) is 0 Å². The van der Waals surface area contributed by atoms with Crippen molar-refractivity contribution in [2.75, 3.05) is 28.2 Å². The average Bonchev–Trinajstić information content (AvgIpc) is 1.95. The molecule has 0 aromatic heterocycles. The molecule has 0 saturated heterocycles. The van der Waals surface area contributed by atoms with Gasteiger partial charge in [-0.2, -0.15) is 0 Å². The smallest absolute Gasteiger partial charge is 0.211 e. The van der Waals surface area contributed by atoms with Crippen LogP contribution in [0.15, 0.2) is 0 Å². The molecule has 0 rings (SSSR count). The molecule has 0 amide bonds. The van der Waals surface area contributed by atoms with Crippen LogP contribution in [0.1, 0.15) is 34.1 Å². The Hall–Kier alpha value is 0.137. The predicted octanol–water partition coefficient (Wildman–Crippen LogP) is 2.76. The largest absolute Gasteiger partial charge is 0.317 e. The third-order valence-corrected chi connectivity index (χ3v) is 9.84. The van der Waals surface area contributed by atoms with Crippen molar-refractivity contribution in [3.8, 4) is 0 Å². The Kier molecular flexibility index (Phi) is 4.82. The summed E-state index contributed by atoms with van der Waals surface area (Å²) < 4.78 is 4.99. The molecule has 0 bridgehead atoms. The highest BCUT2D eigenvalue weighted by Crippen LogP contribution is 2.41. The summed E-state index contributed by atoms with van der Waals surface area (Å²) in [5.74, 6) is 0. The molecule has 0 N–H and O–H groups in total. The maximum atomic E-state index is 2.50.